The largest absolute Gasteiger partial charge is 0.467 e. The molecular weight excluding hydrogens is 729 g/mol. The number of nitrogens with two attached hydrogens (primary N) is 1. The highest BCUT2D eigenvalue weighted by molar-refractivity contribution is 5.90. The molecule has 0 aliphatic carbocycles. The Bertz CT molecular complexity index is 1430. The minimum atomic E-state index is -0.896. The number of carbonyl (C=O) groups is 5. The standard InChI is InChI=1S/C43H74N6O8/c1-14-28(6)38(48(10)42(53)36(26(2)3)46-41(52)37(27(4)5)47(9)25-29(7)44)34(55-11)24-35(50)49-22-18-21-33(49)39(56-12)30(8)40(51)45-32(43(54)57-13)23-31-19-16-15-17-20-31/h15-17,19-20,26-30,32-34,36-39H,14,18,21-25,44H2,1-13H3,(H,45,51)(H,46,52)/t28-,29+,30+,32-,33-,34+,36-,37-,38-,39+/m0/s1. The number of benzene rings is 1. The zero-order chi connectivity index (χ0) is 43.1. The minimum absolute atomic E-state index is 0.00563. The SMILES string of the molecule is CC[C@H](C)[C@@H]([C@@H](CC(=O)N1CCC[C@H]1[C@H](OC)[C@@H](C)C(=O)N[C@@H](Cc1ccccc1)C(=O)OC)OC)N(C)C(=O)[C@@H](NC(=O)[C@H](C(C)C)N(C)C[C@@H](C)N)C(C)C. The number of nitrogens with zero attached hydrogens (tertiary/aromatic N) is 3. The van der Waals surface area contributed by atoms with Gasteiger partial charge in [0, 0.05) is 46.8 Å². The highest BCUT2D eigenvalue weighted by Crippen LogP contribution is 2.30. The molecule has 1 fully saturated rings. The fourth-order valence-corrected chi connectivity index (χ4v) is 8.35. The van der Waals surface area contributed by atoms with Gasteiger partial charge in [0.2, 0.25) is 23.6 Å². The average molecular weight is 803 g/mol. The molecule has 1 aromatic carbocycles. The first kappa shape index (κ1) is 49.6. The van der Waals surface area contributed by atoms with Crippen LogP contribution >= 0.6 is 0 Å². The van der Waals surface area contributed by atoms with Gasteiger partial charge < -0.3 is 40.4 Å². The van der Waals surface area contributed by atoms with E-state index in [0.29, 0.717) is 25.9 Å². The molecule has 14 nitrogen and oxygen atoms in total. The lowest BCUT2D eigenvalue weighted by atomic mass is 9.89. The number of likely N-dealkylation sites (tertiary alicyclic amines) is 1. The van der Waals surface area contributed by atoms with Crippen LogP contribution in [0.25, 0.3) is 0 Å². The number of amides is 4. The van der Waals surface area contributed by atoms with E-state index in [1.807, 2.05) is 90.7 Å². The van der Waals surface area contributed by atoms with Gasteiger partial charge in [0.1, 0.15) is 12.1 Å². The number of rotatable bonds is 23. The number of hydrogen-bond acceptors (Lipinski definition) is 10. The van der Waals surface area contributed by atoms with Crippen LogP contribution in [0.15, 0.2) is 30.3 Å². The summed E-state index contributed by atoms with van der Waals surface area (Å²) in [4.78, 5) is 74.2. The molecule has 0 unspecified atom stereocenters. The van der Waals surface area contributed by atoms with Crippen molar-refractivity contribution < 1.29 is 38.2 Å². The van der Waals surface area contributed by atoms with Crippen molar-refractivity contribution in [2.24, 2.45) is 29.4 Å². The number of hydrogen-bond donors (Lipinski definition) is 3. The molecule has 0 spiro atoms. The van der Waals surface area contributed by atoms with E-state index < -0.39 is 54.3 Å². The van der Waals surface area contributed by atoms with Gasteiger partial charge in [0.05, 0.1) is 49.8 Å². The van der Waals surface area contributed by atoms with E-state index in [0.717, 1.165) is 12.0 Å². The van der Waals surface area contributed by atoms with Gasteiger partial charge >= 0.3 is 5.97 Å². The molecule has 1 saturated heterocycles. The normalized spacial score (nSPS) is 19.2. The molecule has 4 amide bonds. The lowest BCUT2D eigenvalue weighted by molar-refractivity contribution is -0.149. The maximum Gasteiger partial charge on any atom is 0.328 e. The average Bonchev–Trinajstić information content (AvgIpc) is 3.65. The smallest absolute Gasteiger partial charge is 0.328 e. The molecule has 1 aromatic rings. The predicted molar refractivity (Wildman–Crippen MR) is 222 cm³/mol. The summed E-state index contributed by atoms with van der Waals surface area (Å²) in [6.45, 7) is 16.5. The molecular formula is C43H74N6O8. The monoisotopic (exact) mass is 803 g/mol. The highest BCUT2D eigenvalue weighted by atomic mass is 16.5. The Kier molecular flexibility index (Phi) is 20.6. The number of likely N-dealkylation sites (N-methyl/N-ethyl adjacent to an activating group) is 2. The molecule has 57 heavy (non-hydrogen) atoms. The lowest BCUT2D eigenvalue weighted by Crippen LogP contribution is -2.60. The van der Waals surface area contributed by atoms with Crippen LogP contribution < -0.4 is 16.4 Å². The minimum Gasteiger partial charge on any atom is -0.467 e. The first-order valence-corrected chi connectivity index (χ1v) is 20.6. The van der Waals surface area contributed by atoms with Crippen molar-refractivity contribution in [1.82, 2.24) is 25.3 Å². The summed E-state index contributed by atoms with van der Waals surface area (Å²) in [5.74, 6) is -2.60. The summed E-state index contributed by atoms with van der Waals surface area (Å²) in [6, 6.07) is 6.18. The summed E-state index contributed by atoms with van der Waals surface area (Å²) in [6.07, 6.45) is 1.01. The van der Waals surface area contributed by atoms with Gasteiger partial charge in [-0.15, -0.1) is 0 Å². The van der Waals surface area contributed by atoms with Crippen LogP contribution in [-0.2, 0) is 44.6 Å². The summed E-state index contributed by atoms with van der Waals surface area (Å²) >= 11 is 0. The van der Waals surface area contributed by atoms with Crippen LogP contribution in [0.2, 0.25) is 0 Å². The van der Waals surface area contributed by atoms with Crippen LogP contribution in [-0.4, -0.2) is 141 Å². The quantitative estimate of drug-likeness (QED) is 0.140. The molecule has 0 saturated carbocycles. The third-order valence-electron chi connectivity index (χ3n) is 11.5. The Balaban J connectivity index is 2.30. The van der Waals surface area contributed by atoms with E-state index in [9.17, 15) is 24.0 Å². The first-order valence-electron chi connectivity index (χ1n) is 20.6. The number of esters is 1. The predicted octanol–water partition coefficient (Wildman–Crippen LogP) is 3.25. The topological polar surface area (TPSA) is 173 Å². The summed E-state index contributed by atoms with van der Waals surface area (Å²) in [5.41, 5.74) is 6.93. The van der Waals surface area contributed by atoms with Crippen LogP contribution in [0.5, 0.6) is 0 Å². The molecule has 2 rings (SSSR count). The Hall–Kier alpha value is -3.59. The second-order valence-corrected chi connectivity index (χ2v) is 16.7. The third-order valence-corrected chi connectivity index (χ3v) is 11.5. The Morgan fingerprint density at radius 2 is 1.53 bits per heavy atom. The lowest BCUT2D eigenvalue weighted by Gasteiger charge is -2.41. The fourth-order valence-electron chi connectivity index (χ4n) is 8.35. The van der Waals surface area contributed by atoms with Crippen molar-refractivity contribution in [3.05, 3.63) is 35.9 Å². The van der Waals surface area contributed by atoms with Crippen molar-refractivity contribution in [2.45, 2.75) is 136 Å². The number of ether oxygens (including phenoxy) is 3. The second kappa shape index (κ2) is 23.7. The van der Waals surface area contributed by atoms with E-state index in [1.165, 1.54) is 14.2 Å². The van der Waals surface area contributed by atoms with Gasteiger partial charge in [-0.05, 0) is 50.1 Å². The van der Waals surface area contributed by atoms with Crippen LogP contribution in [0.4, 0.5) is 0 Å². The second-order valence-electron chi connectivity index (χ2n) is 16.7. The van der Waals surface area contributed by atoms with Crippen LogP contribution in [0.1, 0.15) is 86.6 Å². The zero-order valence-corrected chi connectivity index (χ0v) is 36.9. The summed E-state index contributed by atoms with van der Waals surface area (Å²) < 4.78 is 17.0. The maximum absolute atomic E-state index is 14.4. The Morgan fingerprint density at radius 1 is 0.895 bits per heavy atom. The summed E-state index contributed by atoms with van der Waals surface area (Å²) in [7, 11) is 7.95. The van der Waals surface area contributed by atoms with Gasteiger partial charge in [0.25, 0.3) is 0 Å². The van der Waals surface area contributed by atoms with E-state index in [1.54, 1.807) is 30.9 Å². The third kappa shape index (κ3) is 13.8. The Morgan fingerprint density at radius 3 is 2.04 bits per heavy atom. The molecule has 10 atom stereocenters. The zero-order valence-electron chi connectivity index (χ0n) is 36.9. The van der Waals surface area contributed by atoms with Crippen molar-refractivity contribution >= 4 is 29.6 Å². The van der Waals surface area contributed by atoms with E-state index in [4.69, 9.17) is 19.9 Å². The van der Waals surface area contributed by atoms with Crippen LogP contribution in [0.3, 0.4) is 0 Å². The van der Waals surface area contributed by atoms with Gasteiger partial charge in [-0.25, -0.2) is 4.79 Å². The molecule has 0 bridgehead atoms. The molecule has 4 N–H and O–H groups in total. The fraction of sp³-hybridized carbons (Fsp3) is 0.744. The molecule has 324 valence electrons. The molecule has 0 aromatic heterocycles. The number of methoxy groups -OCH3 is 3. The van der Waals surface area contributed by atoms with E-state index in [-0.39, 0.29) is 60.3 Å². The Labute approximate surface area is 342 Å². The number of nitrogens with one attached hydrogen (secondary N) is 2. The van der Waals surface area contributed by atoms with Crippen molar-refractivity contribution in [1.29, 1.82) is 0 Å². The number of carbonyl (C=O) groups excluding carboxylic acids is 5. The van der Waals surface area contributed by atoms with Crippen molar-refractivity contribution in [3.8, 4) is 0 Å². The maximum atomic E-state index is 14.4. The van der Waals surface area contributed by atoms with Crippen molar-refractivity contribution in [2.75, 3.05) is 48.5 Å². The van der Waals surface area contributed by atoms with Gasteiger partial charge in [-0.2, -0.15) is 0 Å². The summed E-state index contributed by atoms with van der Waals surface area (Å²) in [5, 5.41) is 5.92. The van der Waals surface area contributed by atoms with Crippen molar-refractivity contribution in [3.63, 3.8) is 0 Å². The van der Waals surface area contributed by atoms with E-state index >= 15 is 0 Å². The van der Waals surface area contributed by atoms with E-state index in [2.05, 4.69) is 10.6 Å². The van der Waals surface area contributed by atoms with Crippen LogP contribution in [0, 0.1) is 23.7 Å². The van der Waals surface area contributed by atoms with Gasteiger partial charge in [-0.1, -0.05) is 85.2 Å². The van der Waals surface area contributed by atoms with Gasteiger partial charge in [0.15, 0.2) is 0 Å². The highest BCUT2D eigenvalue weighted by Gasteiger charge is 2.43. The molecule has 1 heterocycles. The molecule has 0 radical (unpaired) electrons. The first-order chi connectivity index (χ1) is 26.8. The molecule has 14 heteroatoms. The van der Waals surface area contributed by atoms with Gasteiger partial charge in [-0.3, -0.25) is 24.1 Å². The molecule has 1 aliphatic rings. The molecule has 1 aliphatic heterocycles.